The van der Waals surface area contributed by atoms with Gasteiger partial charge in [-0.1, -0.05) is 12.5 Å². The van der Waals surface area contributed by atoms with Gasteiger partial charge in [-0.15, -0.1) is 0 Å². The van der Waals surface area contributed by atoms with Crippen molar-refractivity contribution < 1.29 is 0 Å². The Hall–Kier alpha value is -0.590. The zero-order valence-corrected chi connectivity index (χ0v) is 8.43. The lowest BCUT2D eigenvalue weighted by molar-refractivity contribution is 0.922. The Morgan fingerprint density at radius 2 is 2.08 bits per heavy atom. The molecule has 0 bridgehead atoms. The van der Waals surface area contributed by atoms with E-state index in [0.29, 0.717) is 0 Å². The molecule has 0 saturated heterocycles. The molecule has 0 amide bonds. The van der Waals surface area contributed by atoms with Gasteiger partial charge in [-0.05, 0) is 39.2 Å². The summed E-state index contributed by atoms with van der Waals surface area (Å²) in [5.41, 5.74) is 2.72. The Bertz CT molecular complexity index is 193. The number of allylic oxidation sites excluding steroid dienone is 2. The Labute approximate surface area is 75.6 Å². The summed E-state index contributed by atoms with van der Waals surface area (Å²) in [7, 11) is 0. The number of aliphatic imine (C=N–C) groups is 1. The van der Waals surface area contributed by atoms with Crippen molar-refractivity contribution in [1.82, 2.24) is 0 Å². The molecule has 1 aliphatic rings. The second-order valence-corrected chi connectivity index (χ2v) is 3.80. The van der Waals surface area contributed by atoms with Crippen LogP contribution in [-0.2, 0) is 0 Å². The largest absolute Gasteiger partial charge is 0.289 e. The first-order chi connectivity index (χ1) is 5.74. The van der Waals surface area contributed by atoms with Gasteiger partial charge in [-0.3, -0.25) is 4.99 Å². The van der Waals surface area contributed by atoms with Gasteiger partial charge >= 0.3 is 0 Å². The van der Waals surface area contributed by atoms with Gasteiger partial charge < -0.3 is 0 Å². The minimum Gasteiger partial charge on any atom is -0.289 e. The van der Waals surface area contributed by atoms with Crippen molar-refractivity contribution in [2.45, 2.75) is 40.0 Å². The van der Waals surface area contributed by atoms with Crippen molar-refractivity contribution >= 4 is 5.71 Å². The van der Waals surface area contributed by atoms with E-state index >= 15 is 0 Å². The average molecular weight is 165 g/mol. The van der Waals surface area contributed by atoms with Crippen molar-refractivity contribution in [2.24, 2.45) is 10.9 Å². The summed E-state index contributed by atoms with van der Waals surface area (Å²) < 4.78 is 0. The van der Waals surface area contributed by atoms with Crippen LogP contribution in [0.25, 0.3) is 0 Å². The highest BCUT2D eigenvalue weighted by Crippen LogP contribution is 2.31. The van der Waals surface area contributed by atoms with Gasteiger partial charge in [-0.2, -0.15) is 0 Å². The predicted octanol–water partition coefficient (Wildman–Crippen LogP) is 3.21. The molecule has 0 heterocycles. The molecule has 0 aromatic carbocycles. The summed E-state index contributed by atoms with van der Waals surface area (Å²) in [6.07, 6.45) is 6.11. The van der Waals surface area contributed by atoms with Crippen LogP contribution in [0.4, 0.5) is 0 Å². The molecular formula is C11H19N. The predicted molar refractivity (Wildman–Crippen MR) is 54.7 cm³/mol. The molecule has 68 valence electrons. The summed E-state index contributed by atoms with van der Waals surface area (Å²) in [4.78, 5) is 4.58. The van der Waals surface area contributed by atoms with Crippen LogP contribution < -0.4 is 0 Å². The van der Waals surface area contributed by atoms with Gasteiger partial charge in [0.1, 0.15) is 0 Å². The third kappa shape index (κ3) is 3.21. The molecule has 0 unspecified atom stereocenters. The van der Waals surface area contributed by atoms with Gasteiger partial charge in [0.05, 0.1) is 0 Å². The topological polar surface area (TPSA) is 12.4 Å². The summed E-state index contributed by atoms with van der Waals surface area (Å²) in [5.74, 6) is 0.798. The van der Waals surface area contributed by atoms with E-state index in [9.17, 15) is 0 Å². The van der Waals surface area contributed by atoms with Gasteiger partial charge in [-0.25, -0.2) is 0 Å². The summed E-state index contributed by atoms with van der Waals surface area (Å²) in [6.45, 7) is 7.46. The highest BCUT2D eigenvalue weighted by atomic mass is 14.7. The van der Waals surface area contributed by atoms with E-state index in [1.54, 1.807) is 0 Å². The molecule has 1 saturated carbocycles. The van der Waals surface area contributed by atoms with E-state index in [1.807, 2.05) is 0 Å². The Morgan fingerprint density at radius 3 is 2.50 bits per heavy atom. The number of hydrogen-bond donors (Lipinski definition) is 0. The fourth-order valence-corrected chi connectivity index (χ4v) is 1.21. The van der Waals surface area contributed by atoms with Crippen LogP contribution in [0.1, 0.15) is 40.0 Å². The minimum absolute atomic E-state index is 0.798. The van der Waals surface area contributed by atoms with E-state index in [1.165, 1.54) is 24.1 Å². The highest BCUT2D eigenvalue weighted by Gasteiger charge is 2.25. The Kier molecular flexibility index (Phi) is 3.51. The third-order valence-electron chi connectivity index (χ3n) is 1.95. The highest BCUT2D eigenvalue weighted by molar-refractivity contribution is 5.98. The Balaban J connectivity index is 2.54. The Morgan fingerprint density at radius 1 is 1.42 bits per heavy atom. The lowest BCUT2D eigenvalue weighted by Gasteiger charge is -1.98. The molecule has 1 nitrogen and oxygen atoms in total. The zero-order valence-electron chi connectivity index (χ0n) is 8.43. The second-order valence-electron chi connectivity index (χ2n) is 3.80. The molecule has 1 rings (SSSR count). The molecule has 0 aromatic heterocycles. The molecule has 1 heteroatoms. The third-order valence-corrected chi connectivity index (χ3v) is 1.95. The molecule has 0 aromatic rings. The van der Waals surface area contributed by atoms with Crippen LogP contribution in [-0.4, -0.2) is 12.3 Å². The normalized spacial score (nSPS) is 17.8. The van der Waals surface area contributed by atoms with Crippen LogP contribution >= 0.6 is 0 Å². The molecule has 12 heavy (non-hydrogen) atoms. The number of rotatable bonds is 4. The maximum Gasteiger partial charge on any atom is 0.0390 e. The van der Waals surface area contributed by atoms with E-state index in [0.717, 1.165) is 18.9 Å². The van der Waals surface area contributed by atoms with Crippen LogP contribution in [0, 0.1) is 5.92 Å². The first-order valence-corrected chi connectivity index (χ1v) is 4.93. The summed E-state index contributed by atoms with van der Waals surface area (Å²) in [6, 6.07) is 0. The van der Waals surface area contributed by atoms with Crippen LogP contribution in [0.15, 0.2) is 16.6 Å². The summed E-state index contributed by atoms with van der Waals surface area (Å²) in [5, 5.41) is 0. The quantitative estimate of drug-likeness (QED) is 0.567. The summed E-state index contributed by atoms with van der Waals surface area (Å²) >= 11 is 0. The average Bonchev–Trinajstić information content (AvgIpc) is 2.79. The SMILES string of the molecule is CCC/N=C(\C=C(C)C)C1CC1. The van der Waals surface area contributed by atoms with Crippen molar-refractivity contribution in [1.29, 1.82) is 0 Å². The van der Waals surface area contributed by atoms with Crippen molar-refractivity contribution in [3.8, 4) is 0 Å². The monoisotopic (exact) mass is 165 g/mol. The molecular weight excluding hydrogens is 146 g/mol. The van der Waals surface area contributed by atoms with Crippen molar-refractivity contribution in [3.63, 3.8) is 0 Å². The second kappa shape index (κ2) is 4.44. The number of hydrogen-bond acceptors (Lipinski definition) is 1. The first kappa shape index (κ1) is 9.50. The van der Waals surface area contributed by atoms with Gasteiger partial charge in [0.15, 0.2) is 0 Å². The molecule has 1 fully saturated rings. The number of nitrogens with zero attached hydrogens (tertiary/aromatic N) is 1. The molecule has 0 radical (unpaired) electrons. The van der Waals surface area contributed by atoms with E-state index in [-0.39, 0.29) is 0 Å². The fourth-order valence-electron chi connectivity index (χ4n) is 1.21. The van der Waals surface area contributed by atoms with Gasteiger partial charge in [0.25, 0.3) is 0 Å². The lowest BCUT2D eigenvalue weighted by atomic mass is 10.2. The zero-order chi connectivity index (χ0) is 8.97. The van der Waals surface area contributed by atoms with E-state index in [2.05, 4.69) is 31.8 Å². The smallest absolute Gasteiger partial charge is 0.0390 e. The lowest BCUT2D eigenvalue weighted by Crippen LogP contribution is -1.98. The van der Waals surface area contributed by atoms with E-state index < -0.39 is 0 Å². The minimum atomic E-state index is 0.798. The van der Waals surface area contributed by atoms with Crippen LogP contribution in [0.3, 0.4) is 0 Å². The molecule has 0 atom stereocenters. The fraction of sp³-hybridized carbons (Fsp3) is 0.727. The van der Waals surface area contributed by atoms with Crippen LogP contribution in [0.5, 0.6) is 0 Å². The van der Waals surface area contributed by atoms with Crippen molar-refractivity contribution in [3.05, 3.63) is 11.6 Å². The van der Waals surface area contributed by atoms with E-state index in [4.69, 9.17) is 0 Å². The molecule has 0 N–H and O–H groups in total. The van der Waals surface area contributed by atoms with Crippen LogP contribution in [0.2, 0.25) is 0 Å². The molecule has 0 spiro atoms. The standard InChI is InChI=1S/C11H19N/c1-4-7-12-11(8-9(2)3)10-5-6-10/h8,10H,4-7H2,1-3H3/b12-11+. The molecule has 0 aliphatic heterocycles. The maximum absolute atomic E-state index is 4.58. The first-order valence-electron chi connectivity index (χ1n) is 4.93. The van der Waals surface area contributed by atoms with Crippen molar-refractivity contribution in [2.75, 3.05) is 6.54 Å². The van der Waals surface area contributed by atoms with Gasteiger partial charge in [0.2, 0.25) is 0 Å². The maximum atomic E-state index is 4.58. The molecule has 1 aliphatic carbocycles. The van der Waals surface area contributed by atoms with Gasteiger partial charge in [0, 0.05) is 18.2 Å².